The summed E-state index contributed by atoms with van der Waals surface area (Å²) in [5.41, 5.74) is 3.85. The maximum absolute atomic E-state index is 13.0. The Balaban J connectivity index is 1.67. The second kappa shape index (κ2) is 6.63. The van der Waals surface area contributed by atoms with Gasteiger partial charge in [-0.05, 0) is 36.6 Å². The molecule has 2 heterocycles. The minimum Gasteiger partial charge on any atom is -0.356 e. The third kappa shape index (κ3) is 2.94. The quantitative estimate of drug-likeness (QED) is 0.787. The van der Waals surface area contributed by atoms with E-state index in [0.717, 1.165) is 29.5 Å². The lowest BCUT2D eigenvalue weighted by Gasteiger charge is -2.31. The summed E-state index contributed by atoms with van der Waals surface area (Å²) in [5.74, 6) is -0.207. The van der Waals surface area contributed by atoms with E-state index in [1.165, 1.54) is 6.92 Å². The highest BCUT2D eigenvalue weighted by molar-refractivity contribution is 6.03. The molecule has 6 heteroatoms. The zero-order chi connectivity index (χ0) is 18.1. The number of fused-ring (bicyclic) bond motifs is 2. The summed E-state index contributed by atoms with van der Waals surface area (Å²) in [6.07, 6.45) is 1.94. The summed E-state index contributed by atoms with van der Waals surface area (Å²) in [6.45, 7) is 2.09. The van der Waals surface area contributed by atoms with Crippen molar-refractivity contribution in [1.29, 1.82) is 0 Å². The summed E-state index contributed by atoms with van der Waals surface area (Å²) in [7, 11) is 0. The van der Waals surface area contributed by atoms with Crippen LogP contribution in [-0.2, 0) is 22.4 Å². The van der Waals surface area contributed by atoms with Crippen LogP contribution in [-0.4, -0.2) is 23.5 Å². The normalized spacial score (nSPS) is 13.5. The molecular weight excluding hydrogens is 330 g/mol. The van der Waals surface area contributed by atoms with E-state index >= 15 is 0 Å². The van der Waals surface area contributed by atoms with E-state index in [1.54, 1.807) is 4.90 Å². The highest BCUT2D eigenvalue weighted by Crippen LogP contribution is 2.35. The number of carbonyl (C=O) groups excluding carboxylic acids is 2. The molecule has 1 aromatic heterocycles. The third-order valence-corrected chi connectivity index (χ3v) is 4.60. The van der Waals surface area contributed by atoms with Crippen molar-refractivity contribution in [3.63, 3.8) is 0 Å². The standard InChI is InChI=1S/C20H19N3O3/c1-13(24)21-16-9-4-6-14-7-5-11-23(20(14)16)19(25)12-17-15-8-2-3-10-18(15)26-22-17/h2-4,6,8-10H,5,7,11-12H2,1H3,(H,21,24). The molecule has 4 rings (SSSR count). The van der Waals surface area contributed by atoms with E-state index in [-0.39, 0.29) is 18.2 Å². The molecule has 0 saturated heterocycles. The maximum atomic E-state index is 13.0. The number of amides is 2. The fraction of sp³-hybridized carbons (Fsp3) is 0.250. The molecule has 0 fully saturated rings. The lowest BCUT2D eigenvalue weighted by molar-refractivity contribution is -0.118. The highest BCUT2D eigenvalue weighted by atomic mass is 16.5. The first-order valence-electron chi connectivity index (χ1n) is 8.66. The smallest absolute Gasteiger partial charge is 0.233 e. The maximum Gasteiger partial charge on any atom is 0.233 e. The summed E-state index contributed by atoms with van der Waals surface area (Å²) in [5, 5.41) is 7.76. The third-order valence-electron chi connectivity index (χ3n) is 4.60. The van der Waals surface area contributed by atoms with E-state index in [9.17, 15) is 9.59 Å². The number of nitrogens with zero attached hydrogens (tertiary/aromatic N) is 2. The van der Waals surface area contributed by atoms with Crippen molar-refractivity contribution in [2.75, 3.05) is 16.8 Å². The second-order valence-corrected chi connectivity index (χ2v) is 6.45. The van der Waals surface area contributed by atoms with Gasteiger partial charge in [0, 0.05) is 18.9 Å². The van der Waals surface area contributed by atoms with Crippen molar-refractivity contribution >= 4 is 34.2 Å². The summed E-state index contributed by atoms with van der Waals surface area (Å²) >= 11 is 0. The van der Waals surface area contributed by atoms with Crippen LogP contribution >= 0.6 is 0 Å². The summed E-state index contributed by atoms with van der Waals surface area (Å²) < 4.78 is 5.31. The van der Waals surface area contributed by atoms with Crippen LogP contribution in [0.3, 0.4) is 0 Å². The minimum absolute atomic E-state index is 0.0530. The Labute approximate surface area is 150 Å². The Kier molecular flexibility index (Phi) is 4.16. The predicted octanol–water partition coefficient (Wildman–Crippen LogP) is 3.31. The minimum atomic E-state index is -0.154. The van der Waals surface area contributed by atoms with Gasteiger partial charge in [-0.15, -0.1) is 0 Å². The lowest BCUT2D eigenvalue weighted by Crippen LogP contribution is -2.37. The number of hydrogen-bond acceptors (Lipinski definition) is 4. The highest BCUT2D eigenvalue weighted by Gasteiger charge is 2.26. The topological polar surface area (TPSA) is 75.4 Å². The molecule has 132 valence electrons. The van der Waals surface area contributed by atoms with Crippen molar-refractivity contribution < 1.29 is 14.1 Å². The first-order valence-corrected chi connectivity index (χ1v) is 8.66. The molecule has 0 aliphatic carbocycles. The number of benzene rings is 2. The van der Waals surface area contributed by atoms with Gasteiger partial charge in [0.25, 0.3) is 0 Å². The molecule has 0 radical (unpaired) electrons. The molecule has 1 N–H and O–H groups in total. The summed E-state index contributed by atoms with van der Waals surface area (Å²) in [6, 6.07) is 13.3. The van der Waals surface area contributed by atoms with Crippen molar-refractivity contribution in [3.05, 3.63) is 53.7 Å². The monoisotopic (exact) mass is 349 g/mol. The largest absolute Gasteiger partial charge is 0.356 e. The van der Waals surface area contributed by atoms with E-state index < -0.39 is 0 Å². The number of rotatable bonds is 3. The molecule has 1 aliphatic rings. The number of carbonyl (C=O) groups is 2. The number of anilines is 2. The van der Waals surface area contributed by atoms with Gasteiger partial charge in [0.1, 0.15) is 5.69 Å². The molecule has 6 nitrogen and oxygen atoms in total. The molecule has 3 aromatic rings. The first-order chi connectivity index (χ1) is 12.6. The van der Waals surface area contributed by atoms with Crippen LogP contribution in [0, 0.1) is 0 Å². The van der Waals surface area contributed by atoms with Gasteiger partial charge < -0.3 is 14.7 Å². The zero-order valence-electron chi connectivity index (χ0n) is 14.5. The molecular formula is C20H19N3O3. The van der Waals surface area contributed by atoms with Gasteiger partial charge >= 0.3 is 0 Å². The Morgan fingerprint density at radius 2 is 2.04 bits per heavy atom. The molecule has 0 atom stereocenters. The molecule has 2 amide bonds. The Morgan fingerprint density at radius 3 is 2.88 bits per heavy atom. The Hall–Kier alpha value is -3.15. The molecule has 0 spiro atoms. The van der Waals surface area contributed by atoms with Gasteiger partial charge in [-0.2, -0.15) is 0 Å². The number of para-hydroxylation sites is 2. The van der Waals surface area contributed by atoms with E-state index in [4.69, 9.17) is 4.52 Å². The van der Waals surface area contributed by atoms with Crippen LogP contribution in [0.5, 0.6) is 0 Å². The number of nitrogens with one attached hydrogen (secondary N) is 1. The van der Waals surface area contributed by atoms with Gasteiger partial charge in [0.15, 0.2) is 5.58 Å². The Morgan fingerprint density at radius 1 is 1.19 bits per heavy atom. The SMILES string of the molecule is CC(=O)Nc1cccc2c1N(C(=O)Cc1noc3ccccc13)CCC2. The van der Waals surface area contributed by atoms with Gasteiger partial charge in [0.05, 0.1) is 17.8 Å². The van der Waals surface area contributed by atoms with E-state index in [1.807, 2.05) is 42.5 Å². The van der Waals surface area contributed by atoms with Gasteiger partial charge in [-0.3, -0.25) is 9.59 Å². The van der Waals surface area contributed by atoms with Gasteiger partial charge in [-0.25, -0.2) is 0 Å². The number of aryl methyl sites for hydroxylation is 1. The molecule has 0 saturated carbocycles. The Bertz CT molecular complexity index is 993. The van der Waals surface area contributed by atoms with Crippen LogP contribution in [0.1, 0.15) is 24.6 Å². The van der Waals surface area contributed by atoms with Gasteiger partial charge in [-0.1, -0.05) is 29.4 Å². The zero-order valence-corrected chi connectivity index (χ0v) is 14.5. The van der Waals surface area contributed by atoms with Gasteiger partial charge in [0.2, 0.25) is 11.8 Å². The fourth-order valence-corrected chi connectivity index (χ4v) is 3.50. The lowest BCUT2D eigenvalue weighted by atomic mass is 9.99. The van der Waals surface area contributed by atoms with Crippen LogP contribution in [0.4, 0.5) is 11.4 Å². The molecule has 26 heavy (non-hydrogen) atoms. The molecule has 1 aliphatic heterocycles. The first kappa shape index (κ1) is 16.3. The van der Waals surface area contributed by atoms with Crippen molar-refractivity contribution in [2.45, 2.75) is 26.2 Å². The summed E-state index contributed by atoms with van der Waals surface area (Å²) in [4.78, 5) is 26.3. The van der Waals surface area contributed by atoms with Crippen molar-refractivity contribution in [2.24, 2.45) is 0 Å². The van der Waals surface area contributed by atoms with Crippen LogP contribution < -0.4 is 10.2 Å². The van der Waals surface area contributed by atoms with Crippen LogP contribution in [0.2, 0.25) is 0 Å². The number of aromatic nitrogens is 1. The predicted molar refractivity (Wildman–Crippen MR) is 99.1 cm³/mol. The molecule has 0 unspecified atom stereocenters. The van der Waals surface area contributed by atoms with Crippen LogP contribution in [0.15, 0.2) is 47.0 Å². The second-order valence-electron chi connectivity index (χ2n) is 6.45. The average Bonchev–Trinajstić information content (AvgIpc) is 3.04. The van der Waals surface area contributed by atoms with Crippen LogP contribution in [0.25, 0.3) is 11.0 Å². The molecule has 2 aromatic carbocycles. The fourth-order valence-electron chi connectivity index (χ4n) is 3.50. The molecule has 0 bridgehead atoms. The number of hydrogen-bond donors (Lipinski definition) is 1. The average molecular weight is 349 g/mol. The van der Waals surface area contributed by atoms with Crippen molar-refractivity contribution in [1.82, 2.24) is 5.16 Å². The van der Waals surface area contributed by atoms with E-state index in [2.05, 4.69) is 10.5 Å². The van der Waals surface area contributed by atoms with E-state index in [0.29, 0.717) is 23.5 Å². The van der Waals surface area contributed by atoms with Crippen molar-refractivity contribution in [3.8, 4) is 0 Å².